The van der Waals surface area contributed by atoms with Gasteiger partial charge in [-0.25, -0.2) is 0 Å². The molecule has 0 heterocycles. The summed E-state index contributed by atoms with van der Waals surface area (Å²) in [4.78, 5) is 0. The Morgan fingerprint density at radius 2 is 1.45 bits per heavy atom. The predicted octanol–water partition coefficient (Wildman–Crippen LogP) is 6.52. The summed E-state index contributed by atoms with van der Waals surface area (Å²) in [5.74, 6) is 2.91. The zero-order valence-corrected chi connectivity index (χ0v) is 15.1. The summed E-state index contributed by atoms with van der Waals surface area (Å²) in [5, 5.41) is 0. The molecule has 1 heteroatoms. The van der Waals surface area contributed by atoms with Gasteiger partial charge in [0.1, 0.15) is 0 Å². The van der Waals surface area contributed by atoms with Gasteiger partial charge in [0, 0.05) is 6.61 Å². The van der Waals surface area contributed by atoms with Crippen molar-refractivity contribution < 1.29 is 4.74 Å². The summed E-state index contributed by atoms with van der Waals surface area (Å²) < 4.78 is 6.07. The van der Waals surface area contributed by atoms with Crippen LogP contribution in [0.4, 0.5) is 0 Å². The fourth-order valence-electron chi connectivity index (χ4n) is 4.47. The van der Waals surface area contributed by atoms with E-state index in [1.807, 2.05) is 0 Å². The Hall–Kier alpha value is -0.300. The lowest BCUT2D eigenvalue weighted by atomic mass is 9.70. The van der Waals surface area contributed by atoms with Crippen molar-refractivity contribution in [3.8, 4) is 0 Å². The van der Waals surface area contributed by atoms with E-state index in [9.17, 15) is 0 Å². The average molecular weight is 307 g/mol. The van der Waals surface area contributed by atoms with Crippen LogP contribution in [0, 0.1) is 17.8 Å². The third-order valence-corrected chi connectivity index (χ3v) is 5.95. The summed E-state index contributed by atoms with van der Waals surface area (Å²) in [6.07, 6.45) is 21.8. The third kappa shape index (κ3) is 6.07. The summed E-state index contributed by atoms with van der Waals surface area (Å²) >= 11 is 0. The van der Waals surface area contributed by atoms with Gasteiger partial charge in [0.05, 0.1) is 6.10 Å². The molecule has 0 radical (unpaired) electrons. The molecule has 0 aromatic carbocycles. The number of unbranched alkanes of at least 4 members (excludes halogenated alkanes) is 2. The van der Waals surface area contributed by atoms with Gasteiger partial charge < -0.3 is 4.74 Å². The first-order valence-corrected chi connectivity index (χ1v) is 10.1. The lowest BCUT2D eigenvalue weighted by Gasteiger charge is -2.37. The van der Waals surface area contributed by atoms with Crippen LogP contribution in [0.3, 0.4) is 0 Å². The van der Waals surface area contributed by atoms with E-state index in [-0.39, 0.29) is 0 Å². The highest BCUT2D eigenvalue weighted by Crippen LogP contribution is 2.40. The second-order valence-electron chi connectivity index (χ2n) is 7.63. The molecule has 0 atom stereocenters. The molecular weight excluding hydrogens is 268 g/mol. The lowest BCUT2D eigenvalue weighted by Crippen LogP contribution is -2.28. The molecule has 2 saturated carbocycles. The van der Waals surface area contributed by atoms with Crippen LogP contribution < -0.4 is 0 Å². The van der Waals surface area contributed by atoms with E-state index in [4.69, 9.17) is 4.74 Å². The fraction of sp³-hybridized carbons (Fsp3) is 0.905. The molecule has 1 nitrogen and oxygen atoms in total. The largest absolute Gasteiger partial charge is 0.378 e. The standard InChI is InChI=1S/C21H38O/c1-3-5-7-17-22-21-15-13-20(14-16-21)19-11-9-18(10-12-19)8-6-4-2/h6,8,18-21H,3-5,7,9-17H2,1-2H3/b8-6+. The van der Waals surface area contributed by atoms with Crippen LogP contribution in [-0.4, -0.2) is 12.7 Å². The first-order chi connectivity index (χ1) is 10.8. The van der Waals surface area contributed by atoms with Gasteiger partial charge >= 0.3 is 0 Å². The molecule has 2 aliphatic rings. The van der Waals surface area contributed by atoms with Gasteiger partial charge in [-0.15, -0.1) is 0 Å². The fourth-order valence-corrected chi connectivity index (χ4v) is 4.47. The minimum absolute atomic E-state index is 0.580. The minimum atomic E-state index is 0.580. The number of hydrogen-bond donors (Lipinski definition) is 0. The number of allylic oxidation sites excluding steroid dienone is 2. The molecule has 0 aromatic heterocycles. The maximum atomic E-state index is 6.07. The van der Waals surface area contributed by atoms with Crippen molar-refractivity contribution in [2.45, 2.75) is 97.0 Å². The molecule has 0 aliphatic heterocycles. The first kappa shape index (κ1) is 18.0. The average Bonchev–Trinajstić information content (AvgIpc) is 2.58. The van der Waals surface area contributed by atoms with Gasteiger partial charge in [-0.05, 0) is 82.0 Å². The lowest BCUT2D eigenvalue weighted by molar-refractivity contribution is 0.00606. The van der Waals surface area contributed by atoms with Gasteiger partial charge in [-0.2, -0.15) is 0 Å². The zero-order chi connectivity index (χ0) is 15.6. The van der Waals surface area contributed by atoms with Gasteiger partial charge in [0.25, 0.3) is 0 Å². The molecule has 0 amide bonds. The number of hydrogen-bond acceptors (Lipinski definition) is 1. The van der Waals surface area contributed by atoms with E-state index in [1.165, 1.54) is 77.0 Å². The van der Waals surface area contributed by atoms with Gasteiger partial charge in [0.2, 0.25) is 0 Å². The van der Waals surface area contributed by atoms with Crippen molar-refractivity contribution in [1.82, 2.24) is 0 Å². The van der Waals surface area contributed by atoms with E-state index in [1.54, 1.807) is 0 Å². The molecule has 22 heavy (non-hydrogen) atoms. The molecule has 128 valence electrons. The van der Waals surface area contributed by atoms with Crippen molar-refractivity contribution in [3.63, 3.8) is 0 Å². The summed E-state index contributed by atoms with van der Waals surface area (Å²) in [6, 6.07) is 0. The third-order valence-electron chi connectivity index (χ3n) is 5.95. The molecule has 2 fully saturated rings. The Kier molecular flexibility index (Phi) is 8.59. The van der Waals surface area contributed by atoms with Gasteiger partial charge in [-0.1, -0.05) is 38.8 Å². The van der Waals surface area contributed by atoms with Crippen LogP contribution in [0.25, 0.3) is 0 Å². The van der Waals surface area contributed by atoms with Crippen molar-refractivity contribution >= 4 is 0 Å². The predicted molar refractivity (Wildman–Crippen MR) is 96.1 cm³/mol. The molecule has 2 rings (SSSR count). The first-order valence-electron chi connectivity index (χ1n) is 10.1. The molecule has 2 aliphatic carbocycles. The van der Waals surface area contributed by atoms with Gasteiger partial charge in [0.15, 0.2) is 0 Å². The Morgan fingerprint density at radius 1 is 0.818 bits per heavy atom. The van der Waals surface area contributed by atoms with Crippen molar-refractivity contribution in [2.24, 2.45) is 17.8 Å². The highest BCUT2D eigenvalue weighted by Gasteiger charge is 2.30. The molecular formula is C21H38O. The number of rotatable bonds is 8. The van der Waals surface area contributed by atoms with E-state index < -0.39 is 0 Å². The molecule has 0 aromatic rings. The van der Waals surface area contributed by atoms with Crippen LogP contribution in [0.2, 0.25) is 0 Å². The molecule has 0 unspecified atom stereocenters. The summed E-state index contributed by atoms with van der Waals surface area (Å²) in [7, 11) is 0. The quantitative estimate of drug-likeness (QED) is 0.366. The highest BCUT2D eigenvalue weighted by molar-refractivity contribution is 4.92. The van der Waals surface area contributed by atoms with Crippen LogP contribution in [0.1, 0.15) is 90.9 Å². The van der Waals surface area contributed by atoms with E-state index in [0.717, 1.165) is 24.4 Å². The molecule has 0 saturated heterocycles. The maximum absolute atomic E-state index is 6.07. The molecule has 0 N–H and O–H groups in total. The second kappa shape index (κ2) is 10.5. The zero-order valence-electron chi connectivity index (χ0n) is 15.1. The Bertz CT molecular complexity index is 293. The van der Waals surface area contributed by atoms with Crippen LogP contribution >= 0.6 is 0 Å². The summed E-state index contributed by atoms with van der Waals surface area (Å²) in [6.45, 7) is 5.50. The Morgan fingerprint density at radius 3 is 2.05 bits per heavy atom. The number of ether oxygens (including phenoxy) is 1. The highest BCUT2D eigenvalue weighted by atomic mass is 16.5. The van der Waals surface area contributed by atoms with Crippen LogP contribution in [0.15, 0.2) is 12.2 Å². The van der Waals surface area contributed by atoms with Gasteiger partial charge in [-0.3, -0.25) is 0 Å². The van der Waals surface area contributed by atoms with E-state index in [0.29, 0.717) is 6.10 Å². The SMILES string of the molecule is CC/C=C/C1CCC(C2CCC(OCCCCC)CC2)CC1. The summed E-state index contributed by atoms with van der Waals surface area (Å²) in [5.41, 5.74) is 0. The maximum Gasteiger partial charge on any atom is 0.0575 e. The van der Waals surface area contributed by atoms with Crippen LogP contribution in [-0.2, 0) is 4.74 Å². The minimum Gasteiger partial charge on any atom is -0.378 e. The monoisotopic (exact) mass is 306 g/mol. The second-order valence-corrected chi connectivity index (χ2v) is 7.63. The van der Waals surface area contributed by atoms with Crippen molar-refractivity contribution in [2.75, 3.05) is 6.61 Å². The smallest absolute Gasteiger partial charge is 0.0575 e. The van der Waals surface area contributed by atoms with Crippen molar-refractivity contribution in [1.29, 1.82) is 0 Å². The Labute approximate surface area is 138 Å². The molecule has 0 bridgehead atoms. The van der Waals surface area contributed by atoms with Crippen molar-refractivity contribution in [3.05, 3.63) is 12.2 Å². The topological polar surface area (TPSA) is 9.23 Å². The Balaban J connectivity index is 1.60. The van der Waals surface area contributed by atoms with E-state index in [2.05, 4.69) is 26.0 Å². The normalized spacial score (nSPS) is 33.4. The van der Waals surface area contributed by atoms with Crippen LogP contribution in [0.5, 0.6) is 0 Å². The van der Waals surface area contributed by atoms with E-state index >= 15 is 0 Å². The molecule has 0 spiro atoms.